The van der Waals surface area contributed by atoms with Crippen molar-refractivity contribution >= 4 is 5.97 Å². The highest BCUT2D eigenvalue weighted by Crippen LogP contribution is 2.12. The summed E-state index contributed by atoms with van der Waals surface area (Å²) in [5, 5.41) is 0. The fourth-order valence-electron chi connectivity index (χ4n) is 2.27. The first kappa shape index (κ1) is 16.2. The molecule has 3 heteroatoms. The van der Waals surface area contributed by atoms with Crippen molar-refractivity contribution in [3.8, 4) is 0 Å². The molecule has 1 aromatic carbocycles. The monoisotopic (exact) mass is 298 g/mol. The van der Waals surface area contributed by atoms with Gasteiger partial charge in [0.05, 0.1) is 6.42 Å². The summed E-state index contributed by atoms with van der Waals surface area (Å²) in [7, 11) is 0. The van der Waals surface area contributed by atoms with E-state index in [1.54, 1.807) is 0 Å². The summed E-state index contributed by atoms with van der Waals surface area (Å²) in [5.74, 6) is -0.187. The number of aromatic nitrogens is 1. The van der Waals surface area contributed by atoms with Gasteiger partial charge in [-0.1, -0.05) is 30.3 Å². The van der Waals surface area contributed by atoms with Gasteiger partial charge in [-0.2, -0.15) is 0 Å². The number of esters is 1. The van der Waals surface area contributed by atoms with Crippen LogP contribution in [0.5, 0.6) is 0 Å². The average molecular weight is 298 g/mol. The molecule has 0 spiro atoms. The summed E-state index contributed by atoms with van der Waals surface area (Å²) in [6.07, 6.45) is 4.38. The molecule has 0 radical (unpaired) electrons. The zero-order chi connectivity index (χ0) is 16.2. The Kier molecular flexibility index (Phi) is 4.96. The van der Waals surface area contributed by atoms with Crippen molar-refractivity contribution < 1.29 is 14.1 Å². The number of hydrogen-bond acceptors (Lipinski definition) is 2. The molecule has 0 saturated carbocycles. The van der Waals surface area contributed by atoms with E-state index in [9.17, 15) is 4.79 Å². The van der Waals surface area contributed by atoms with Gasteiger partial charge in [0.25, 0.3) is 0 Å². The quantitative estimate of drug-likeness (QED) is 0.641. The molecule has 0 fully saturated rings. The number of benzene rings is 1. The Morgan fingerprint density at radius 2 is 1.82 bits per heavy atom. The van der Waals surface area contributed by atoms with Crippen LogP contribution in [0.4, 0.5) is 0 Å². The predicted octanol–water partition coefficient (Wildman–Crippen LogP) is 3.22. The molecule has 0 unspecified atom stereocenters. The molecule has 0 aliphatic heterocycles. The van der Waals surface area contributed by atoms with Gasteiger partial charge in [0.2, 0.25) is 0 Å². The first-order valence-corrected chi connectivity index (χ1v) is 7.58. The summed E-state index contributed by atoms with van der Waals surface area (Å²) in [6, 6.07) is 12.3. The van der Waals surface area contributed by atoms with Gasteiger partial charge < -0.3 is 4.74 Å². The lowest BCUT2D eigenvalue weighted by molar-refractivity contribution is -0.688. The third-order valence-corrected chi connectivity index (χ3v) is 3.31. The first-order valence-electron chi connectivity index (χ1n) is 7.58. The predicted molar refractivity (Wildman–Crippen MR) is 86.5 cm³/mol. The van der Waals surface area contributed by atoms with Crippen LogP contribution < -0.4 is 4.57 Å². The first-order chi connectivity index (χ1) is 10.3. The van der Waals surface area contributed by atoms with Gasteiger partial charge >= 0.3 is 5.97 Å². The second kappa shape index (κ2) is 6.73. The summed E-state index contributed by atoms with van der Waals surface area (Å²) in [6.45, 7) is 8.48. The van der Waals surface area contributed by atoms with Gasteiger partial charge in [-0.3, -0.25) is 4.79 Å². The number of nitrogens with zero attached hydrogens (tertiary/aromatic N) is 1. The van der Waals surface area contributed by atoms with Crippen molar-refractivity contribution in [1.82, 2.24) is 0 Å². The van der Waals surface area contributed by atoms with Crippen LogP contribution in [-0.4, -0.2) is 11.6 Å². The molecule has 0 aliphatic carbocycles. The fourth-order valence-corrected chi connectivity index (χ4v) is 2.27. The van der Waals surface area contributed by atoms with Crippen LogP contribution in [0.25, 0.3) is 0 Å². The second-order valence-electron chi connectivity index (χ2n) is 6.57. The van der Waals surface area contributed by atoms with Crippen molar-refractivity contribution in [3.05, 3.63) is 65.5 Å². The van der Waals surface area contributed by atoms with Gasteiger partial charge in [-0.25, -0.2) is 4.57 Å². The highest BCUT2D eigenvalue weighted by atomic mass is 16.6. The molecular weight excluding hydrogens is 274 g/mol. The van der Waals surface area contributed by atoms with E-state index in [0.717, 1.165) is 17.7 Å². The topological polar surface area (TPSA) is 30.2 Å². The molecule has 2 aromatic rings. The lowest BCUT2D eigenvalue weighted by Gasteiger charge is -2.19. The molecule has 22 heavy (non-hydrogen) atoms. The zero-order valence-electron chi connectivity index (χ0n) is 13.8. The molecule has 116 valence electrons. The summed E-state index contributed by atoms with van der Waals surface area (Å²) in [5.41, 5.74) is 2.90. The molecule has 0 saturated heterocycles. The maximum Gasteiger partial charge on any atom is 0.311 e. The third-order valence-electron chi connectivity index (χ3n) is 3.31. The summed E-state index contributed by atoms with van der Waals surface area (Å²) < 4.78 is 7.51. The number of ether oxygens (including phenoxy) is 1. The van der Waals surface area contributed by atoms with Crippen LogP contribution in [0, 0.1) is 6.92 Å². The Morgan fingerprint density at radius 1 is 1.14 bits per heavy atom. The van der Waals surface area contributed by atoms with Crippen LogP contribution in [0.1, 0.15) is 37.5 Å². The van der Waals surface area contributed by atoms with Crippen LogP contribution in [0.15, 0.2) is 48.8 Å². The van der Waals surface area contributed by atoms with Gasteiger partial charge in [0.15, 0.2) is 18.9 Å². The summed E-state index contributed by atoms with van der Waals surface area (Å²) >= 11 is 0. The maximum atomic E-state index is 12.0. The SMILES string of the molecule is Cc1cc[n+](Cc2ccccc2)cc1CC(=O)OC(C)(C)C. The summed E-state index contributed by atoms with van der Waals surface area (Å²) in [4.78, 5) is 12.0. The van der Waals surface area contributed by atoms with E-state index >= 15 is 0 Å². The number of hydrogen-bond donors (Lipinski definition) is 0. The molecule has 1 heterocycles. The van der Waals surface area contributed by atoms with Crippen LogP contribution in [-0.2, 0) is 22.5 Å². The number of rotatable bonds is 4. The van der Waals surface area contributed by atoms with Crippen molar-refractivity contribution in [2.75, 3.05) is 0 Å². The minimum absolute atomic E-state index is 0.187. The molecular formula is C19H24NO2+. The van der Waals surface area contributed by atoms with Crippen molar-refractivity contribution in [3.63, 3.8) is 0 Å². The number of aryl methyl sites for hydroxylation is 1. The minimum atomic E-state index is -0.445. The minimum Gasteiger partial charge on any atom is -0.460 e. The molecule has 1 aromatic heterocycles. The van der Waals surface area contributed by atoms with Crippen LogP contribution >= 0.6 is 0 Å². The van der Waals surface area contributed by atoms with Crippen LogP contribution in [0.2, 0.25) is 0 Å². The van der Waals surface area contributed by atoms with Crippen molar-refractivity contribution in [1.29, 1.82) is 0 Å². The molecule has 0 bridgehead atoms. The molecule has 0 aliphatic rings. The molecule has 0 N–H and O–H groups in total. The average Bonchev–Trinajstić information content (AvgIpc) is 2.41. The van der Waals surface area contributed by atoms with E-state index in [4.69, 9.17) is 4.74 Å². The third kappa shape index (κ3) is 4.99. The van der Waals surface area contributed by atoms with E-state index in [1.807, 2.05) is 64.4 Å². The Labute approximate surface area is 132 Å². The van der Waals surface area contributed by atoms with Crippen LogP contribution in [0.3, 0.4) is 0 Å². The van der Waals surface area contributed by atoms with E-state index < -0.39 is 5.60 Å². The Morgan fingerprint density at radius 3 is 2.45 bits per heavy atom. The Balaban J connectivity index is 2.12. The largest absolute Gasteiger partial charge is 0.460 e. The van der Waals surface area contributed by atoms with E-state index in [0.29, 0.717) is 6.42 Å². The van der Waals surface area contributed by atoms with Gasteiger partial charge in [0.1, 0.15) is 5.60 Å². The normalized spacial score (nSPS) is 11.3. The van der Waals surface area contributed by atoms with E-state index in [1.165, 1.54) is 5.56 Å². The number of carbonyl (C=O) groups is 1. The van der Waals surface area contributed by atoms with Gasteiger partial charge in [-0.15, -0.1) is 0 Å². The van der Waals surface area contributed by atoms with E-state index in [2.05, 4.69) is 16.7 Å². The smallest absolute Gasteiger partial charge is 0.311 e. The Hall–Kier alpha value is -2.16. The van der Waals surface area contributed by atoms with Gasteiger partial charge in [-0.05, 0) is 33.3 Å². The second-order valence-corrected chi connectivity index (χ2v) is 6.57. The van der Waals surface area contributed by atoms with Crippen molar-refractivity contribution in [2.45, 2.75) is 46.3 Å². The highest BCUT2D eigenvalue weighted by Gasteiger charge is 2.18. The fraction of sp³-hybridized carbons (Fsp3) is 0.368. The van der Waals surface area contributed by atoms with E-state index in [-0.39, 0.29) is 5.97 Å². The molecule has 0 atom stereocenters. The zero-order valence-corrected chi connectivity index (χ0v) is 13.8. The molecule has 0 amide bonds. The van der Waals surface area contributed by atoms with Gasteiger partial charge in [0, 0.05) is 17.2 Å². The lowest BCUT2D eigenvalue weighted by atomic mass is 10.1. The van der Waals surface area contributed by atoms with Crippen molar-refractivity contribution in [2.24, 2.45) is 0 Å². The highest BCUT2D eigenvalue weighted by molar-refractivity contribution is 5.73. The standard InChI is InChI=1S/C19H24NO2/c1-15-10-11-20(13-16-8-6-5-7-9-16)14-17(15)12-18(21)22-19(2,3)4/h5-11,14H,12-13H2,1-4H3/q+1. The number of pyridine rings is 1. The lowest BCUT2D eigenvalue weighted by Crippen LogP contribution is -2.35. The Bertz CT molecular complexity index is 642. The maximum absolute atomic E-state index is 12.0. The molecule has 2 rings (SSSR count). The molecule has 3 nitrogen and oxygen atoms in total. The number of carbonyl (C=O) groups excluding carboxylic acids is 1.